The Morgan fingerprint density at radius 2 is 2.36 bits per heavy atom. The highest BCUT2D eigenvalue weighted by Crippen LogP contribution is 2.11. The molecule has 2 rings (SSSR count). The third kappa shape index (κ3) is 1.22. The van der Waals surface area contributed by atoms with E-state index in [-0.39, 0.29) is 5.56 Å². The molecular weight excluding hydrogens is 182 g/mol. The highest BCUT2D eigenvalue weighted by atomic mass is 16.4. The minimum Gasteiger partial charge on any atom is -0.478 e. The monoisotopic (exact) mass is 191 g/mol. The Hall–Kier alpha value is -1.91. The van der Waals surface area contributed by atoms with Gasteiger partial charge in [0.05, 0.1) is 11.9 Å². The molecule has 0 radical (unpaired) electrons. The Morgan fingerprint density at radius 3 is 3.00 bits per heavy atom. The molecule has 2 aromatic rings. The molecule has 0 amide bonds. The van der Waals surface area contributed by atoms with E-state index in [1.807, 2.05) is 11.5 Å². The summed E-state index contributed by atoms with van der Waals surface area (Å²) in [5.41, 5.74) is 1.50. The molecule has 2 heterocycles. The first-order valence-electron chi connectivity index (χ1n) is 4.26. The lowest BCUT2D eigenvalue weighted by Crippen LogP contribution is -1.98. The van der Waals surface area contributed by atoms with Crippen LogP contribution >= 0.6 is 0 Å². The molecule has 5 heteroatoms. The number of carbonyl (C=O) groups is 1. The second-order valence-electron chi connectivity index (χ2n) is 2.90. The minimum absolute atomic E-state index is 0.166. The van der Waals surface area contributed by atoms with Gasteiger partial charge in [-0.2, -0.15) is 0 Å². The average Bonchev–Trinajstić information content (AvgIpc) is 2.59. The van der Waals surface area contributed by atoms with E-state index < -0.39 is 5.97 Å². The van der Waals surface area contributed by atoms with E-state index >= 15 is 0 Å². The number of imidazole rings is 1. The molecule has 0 aliphatic carbocycles. The fourth-order valence-corrected chi connectivity index (χ4v) is 1.30. The van der Waals surface area contributed by atoms with E-state index in [1.54, 1.807) is 6.33 Å². The summed E-state index contributed by atoms with van der Waals surface area (Å²) in [5, 5.41) is 8.73. The van der Waals surface area contributed by atoms with Crippen molar-refractivity contribution in [3.63, 3.8) is 0 Å². The Balaban J connectivity index is 2.63. The van der Waals surface area contributed by atoms with E-state index in [0.29, 0.717) is 5.52 Å². The van der Waals surface area contributed by atoms with Crippen LogP contribution in [0.3, 0.4) is 0 Å². The van der Waals surface area contributed by atoms with E-state index in [0.717, 1.165) is 12.2 Å². The molecule has 14 heavy (non-hydrogen) atoms. The summed E-state index contributed by atoms with van der Waals surface area (Å²) in [7, 11) is 0. The molecule has 0 aliphatic heterocycles. The summed E-state index contributed by atoms with van der Waals surface area (Å²) in [6.45, 7) is 2.75. The summed E-state index contributed by atoms with van der Waals surface area (Å²) in [6.07, 6.45) is 3.00. The van der Waals surface area contributed by atoms with Crippen LogP contribution in [0.1, 0.15) is 17.3 Å². The highest BCUT2D eigenvalue weighted by Gasteiger charge is 2.07. The van der Waals surface area contributed by atoms with Crippen LogP contribution in [0.25, 0.3) is 11.2 Å². The van der Waals surface area contributed by atoms with Crippen LogP contribution in [0.5, 0.6) is 0 Å². The van der Waals surface area contributed by atoms with E-state index in [1.165, 1.54) is 12.3 Å². The van der Waals surface area contributed by atoms with Crippen LogP contribution < -0.4 is 0 Å². The van der Waals surface area contributed by atoms with E-state index in [4.69, 9.17) is 5.11 Å². The molecule has 0 saturated carbocycles. The Kier molecular flexibility index (Phi) is 1.92. The molecule has 72 valence electrons. The number of hydrogen-bond acceptors (Lipinski definition) is 3. The van der Waals surface area contributed by atoms with Crippen LogP contribution in [-0.2, 0) is 6.54 Å². The fraction of sp³-hybridized carbons (Fsp3) is 0.222. The number of carboxylic acid groups (broad SMARTS) is 1. The summed E-state index contributed by atoms with van der Waals surface area (Å²) in [4.78, 5) is 18.8. The number of hydrogen-bond donors (Lipinski definition) is 1. The molecule has 0 spiro atoms. The van der Waals surface area contributed by atoms with Gasteiger partial charge in [-0.15, -0.1) is 0 Å². The zero-order chi connectivity index (χ0) is 10.1. The Bertz CT molecular complexity index is 490. The largest absolute Gasteiger partial charge is 0.478 e. The molecule has 0 bridgehead atoms. The molecule has 5 nitrogen and oxygen atoms in total. The van der Waals surface area contributed by atoms with Crippen molar-refractivity contribution in [2.45, 2.75) is 13.5 Å². The SMILES string of the molecule is CCn1cnc2cc(C(=O)O)cnc21. The normalized spacial score (nSPS) is 10.6. The summed E-state index contributed by atoms with van der Waals surface area (Å²) in [6, 6.07) is 1.52. The zero-order valence-electron chi connectivity index (χ0n) is 7.64. The maximum absolute atomic E-state index is 10.6. The van der Waals surface area contributed by atoms with Crippen molar-refractivity contribution < 1.29 is 9.90 Å². The minimum atomic E-state index is -0.981. The van der Waals surface area contributed by atoms with Gasteiger partial charge in [-0.3, -0.25) is 0 Å². The van der Waals surface area contributed by atoms with Crippen molar-refractivity contribution in [2.24, 2.45) is 0 Å². The van der Waals surface area contributed by atoms with Crippen LogP contribution in [0.4, 0.5) is 0 Å². The first kappa shape index (κ1) is 8.68. The first-order chi connectivity index (χ1) is 6.72. The molecule has 0 aromatic carbocycles. The standard InChI is InChI=1S/C9H9N3O2/c1-2-12-5-11-7-3-6(9(13)14)4-10-8(7)12/h3-5H,2H2,1H3,(H,13,14). The van der Waals surface area contributed by atoms with Gasteiger partial charge in [-0.05, 0) is 13.0 Å². The molecule has 0 fully saturated rings. The topological polar surface area (TPSA) is 68.0 Å². The third-order valence-electron chi connectivity index (χ3n) is 2.04. The van der Waals surface area contributed by atoms with Crippen LogP contribution in [0.15, 0.2) is 18.6 Å². The van der Waals surface area contributed by atoms with Gasteiger partial charge in [0.1, 0.15) is 5.52 Å². The van der Waals surface area contributed by atoms with Gasteiger partial charge in [0.2, 0.25) is 0 Å². The van der Waals surface area contributed by atoms with Gasteiger partial charge in [0, 0.05) is 12.7 Å². The van der Waals surface area contributed by atoms with Crippen molar-refractivity contribution in [3.05, 3.63) is 24.2 Å². The lowest BCUT2D eigenvalue weighted by atomic mass is 10.3. The van der Waals surface area contributed by atoms with Gasteiger partial charge in [0.15, 0.2) is 5.65 Å². The van der Waals surface area contributed by atoms with Gasteiger partial charge in [0.25, 0.3) is 0 Å². The van der Waals surface area contributed by atoms with Crippen molar-refractivity contribution in [3.8, 4) is 0 Å². The van der Waals surface area contributed by atoms with E-state index in [9.17, 15) is 4.79 Å². The van der Waals surface area contributed by atoms with Gasteiger partial charge in [-0.25, -0.2) is 14.8 Å². The Labute approximate surface area is 80.0 Å². The van der Waals surface area contributed by atoms with Crippen LogP contribution in [-0.4, -0.2) is 25.6 Å². The van der Waals surface area contributed by atoms with Gasteiger partial charge in [-0.1, -0.05) is 0 Å². The number of aromatic nitrogens is 3. The fourth-order valence-electron chi connectivity index (χ4n) is 1.30. The maximum Gasteiger partial charge on any atom is 0.337 e. The van der Waals surface area contributed by atoms with Gasteiger partial charge < -0.3 is 9.67 Å². The van der Waals surface area contributed by atoms with Crippen LogP contribution in [0, 0.1) is 0 Å². The Morgan fingerprint density at radius 1 is 1.57 bits per heavy atom. The molecule has 1 N–H and O–H groups in total. The molecule has 0 atom stereocenters. The smallest absolute Gasteiger partial charge is 0.337 e. The quantitative estimate of drug-likeness (QED) is 0.773. The molecule has 2 aromatic heterocycles. The lowest BCUT2D eigenvalue weighted by molar-refractivity contribution is 0.0696. The second kappa shape index (κ2) is 3.10. The molecule has 0 saturated heterocycles. The third-order valence-corrected chi connectivity index (χ3v) is 2.04. The second-order valence-corrected chi connectivity index (χ2v) is 2.90. The number of pyridine rings is 1. The number of fused-ring (bicyclic) bond motifs is 1. The van der Waals surface area contributed by atoms with Gasteiger partial charge >= 0.3 is 5.97 Å². The maximum atomic E-state index is 10.6. The van der Waals surface area contributed by atoms with Crippen molar-refractivity contribution in [1.29, 1.82) is 0 Å². The van der Waals surface area contributed by atoms with Crippen LogP contribution in [0.2, 0.25) is 0 Å². The molecule has 0 unspecified atom stereocenters. The number of rotatable bonds is 2. The summed E-state index contributed by atoms with van der Waals surface area (Å²) in [5.74, 6) is -0.981. The van der Waals surface area contributed by atoms with Crippen molar-refractivity contribution in [1.82, 2.24) is 14.5 Å². The molecule has 0 aliphatic rings. The summed E-state index contributed by atoms with van der Waals surface area (Å²) >= 11 is 0. The predicted octanol–water partition coefficient (Wildman–Crippen LogP) is 1.15. The zero-order valence-corrected chi connectivity index (χ0v) is 7.64. The van der Waals surface area contributed by atoms with E-state index in [2.05, 4.69) is 9.97 Å². The number of aromatic carboxylic acids is 1. The number of nitrogens with zero attached hydrogens (tertiary/aromatic N) is 3. The first-order valence-corrected chi connectivity index (χ1v) is 4.26. The van der Waals surface area contributed by atoms with Crippen molar-refractivity contribution >= 4 is 17.1 Å². The summed E-state index contributed by atoms with van der Waals surface area (Å²) < 4.78 is 1.86. The number of carboxylic acids is 1. The molecular formula is C9H9N3O2. The average molecular weight is 191 g/mol. The van der Waals surface area contributed by atoms with Crippen molar-refractivity contribution in [2.75, 3.05) is 0 Å². The lowest BCUT2D eigenvalue weighted by Gasteiger charge is -1.97. The highest BCUT2D eigenvalue weighted by molar-refractivity contribution is 5.90. The predicted molar refractivity (Wildman–Crippen MR) is 50.2 cm³/mol. The number of aryl methyl sites for hydroxylation is 1.